The Bertz CT molecular complexity index is 1730. The van der Waals surface area contributed by atoms with E-state index < -0.39 is 10.9 Å². The number of hydrogen-bond acceptors (Lipinski definition) is 11. The maximum Gasteiger partial charge on any atom is 0.313 e. The van der Waals surface area contributed by atoms with Crippen molar-refractivity contribution in [3.05, 3.63) is 58.4 Å². The molecule has 0 amide bonds. The van der Waals surface area contributed by atoms with E-state index in [0.29, 0.717) is 47.4 Å². The smallest absolute Gasteiger partial charge is 0.313 e. The first-order valence-electron chi connectivity index (χ1n) is 14.8. The second kappa shape index (κ2) is 13.0. The fourth-order valence-electron chi connectivity index (χ4n) is 5.12. The van der Waals surface area contributed by atoms with Crippen LogP contribution in [0.1, 0.15) is 38.2 Å². The number of esters is 1. The van der Waals surface area contributed by atoms with Crippen molar-refractivity contribution in [2.24, 2.45) is 5.92 Å². The van der Waals surface area contributed by atoms with E-state index in [1.54, 1.807) is 38.8 Å². The molecule has 2 aromatic heterocycles. The van der Waals surface area contributed by atoms with Crippen molar-refractivity contribution < 1.29 is 24.0 Å². The lowest BCUT2D eigenvalue weighted by Crippen LogP contribution is -2.28. The predicted molar refractivity (Wildman–Crippen MR) is 173 cm³/mol. The number of rotatable bonds is 13. The SMILES string of the molecule is COc1cc(N(C)CCN(C)C)c([N+](=O)[O-])cc1Nc1ncc(OC(=O)C(C)C)c(-c2cn(OC)c3c(C4CC4)cccc23)n1. The van der Waals surface area contributed by atoms with Gasteiger partial charge in [-0.2, -0.15) is 4.73 Å². The fraction of sp³-hybridized carbons (Fsp3) is 0.406. The van der Waals surface area contributed by atoms with Crippen molar-refractivity contribution in [3.8, 4) is 22.8 Å². The molecule has 45 heavy (non-hydrogen) atoms. The average molecular weight is 618 g/mol. The average Bonchev–Trinajstić information content (AvgIpc) is 3.80. The quantitative estimate of drug-likeness (QED) is 0.120. The van der Waals surface area contributed by atoms with Crippen molar-refractivity contribution in [1.82, 2.24) is 19.6 Å². The summed E-state index contributed by atoms with van der Waals surface area (Å²) in [5, 5.41) is 16.1. The number of ether oxygens (including phenoxy) is 2. The third kappa shape index (κ3) is 6.63. The summed E-state index contributed by atoms with van der Waals surface area (Å²) in [5.74, 6) is 0.337. The zero-order chi connectivity index (χ0) is 32.4. The van der Waals surface area contributed by atoms with Gasteiger partial charge in [-0.1, -0.05) is 32.0 Å². The van der Waals surface area contributed by atoms with Crippen LogP contribution in [-0.2, 0) is 4.79 Å². The summed E-state index contributed by atoms with van der Waals surface area (Å²) in [6.45, 7) is 4.78. The molecule has 0 bridgehead atoms. The Hall–Kier alpha value is -4.91. The highest BCUT2D eigenvalue weighted by atomic mass is 16.6. The Morgan fingerprint density at radius 3 is 2.53 bits per heavy atom. The van der Waals surface area contributed by atoms with Gasteiger partial charge in [-0.25, -0.2) is 9.97 Å². The summed E-state index contributed by atoms with van der Waals surface area (Å²) in [6.07, 6.45) is 5.47. The summed E-state index contributed by atoms with van der Waals surface area (Å²) in [5.41, 5.74) is 3.78. The van der Waals surface area contributed by atoms with Gasteiger partial charge in [-0.15, -0.1) is 0 Å². The minimum atomic E-state index is -0.430. The van der Waals surface area contributed by atoms with Gasteiger partial charge in [-0.3, -0.25) is 14.9 Å². The summed E-state index contributed by atoms with van der Waals surface area (Å²) in [7, 11) is 8.78. The van der Waals surface area contributed by atoms with Crippen LogP contribution in [0.5, 0.6) is 11.5 Å². The first-order chi connectivity index (χ1) is 21.5. The Morgan fingerprint density at radius 2 is 1.91 bits per heavy atom. The summed E-state index contributed by atoms with van der Waals surface area (Å²) in [4.78, 5) is 43.2. The van der Waals surface area contributed by atoms with Gasteiger partial charge in [0.1, 0.15) is 24.2 Å². The molecular formula is C32H39N7O6. The normalized spacial score (nSPS) is 12.9. The van der Waals surface area contributed by atoms with Crippen molar-refractivity contribution in [1.29, 1.82) is 0 Å². The Kier molecular flexibility index (Phi) is 9.09. The van der Waals surface area contributed by atoms with E-state index in [4.69, 9.17) is 19.3 Å². The van der Waals surface area contributed by atoms with Crippen molar-refractivity contribution >= 4 is 39.9 Å². The Labute approximate surface area is 261 Å². The number of anilines is 3. The highest BCUT2D eigenvalue weighted by Gasteiger charge is 2.29. The summed E-state index contributed by atoms with van der Waals surface area (Å²) >= 11 is 0. The largest absolute Gasteiger partial charge is 0.494 e. The lowest BCUT2D eigenvalue weighted by atomic mass is 10.0. The number of fused-ring (bicyclic) bond motifs is 1. The highest BCUT2D eigenvalue weighted by molar-refractivity contribution is 5.99. The summed E-state index contributed by atoms with van der Waals surface area (Å²) < 4.78 is 13.1. The zero-order valence-electron chi connectivity index (χ0n) is 26.7. The van der Waals surface area contributed by atoms with Crippen molar-refractivity contribution in [3.63, 3.8) is 0 Å². The lowest BCUT2D eigenvalue weighted by molar-refractivity contribution is -0.384. The molecule has 0 radical (unpaired) electrons. The first kappa shape index (κ1) is 31.5. The first-order valence-corrected chi connectivity index (χ1v) is 14.8. The van der Waals surface area contributed by atoms with Crippen LogP contribution in [0.15, 0.2) is 42.7 Å². The summed E-state index contributed by atoms with van der Waals surface area (Å²) in [6, 6.07) is 9.12. The number of nitrogens with zero attached hydrogens (tertiary/aromatic N) is 6. The van der Waals surface area contributed by atoms with Gasteiger partial charge in [0, 0.05) is 43.2 Å². The molecule has 1 N–H and O–H groups in total. The van der Waals surface area contributed by atoms with Crippen molar-refractivity contribution in [2.75, 3.05) is 58.7 Å². The predicted octanol–water partition coefficient (Wildman–Crippen LogP) is 5.25. The molecule has 2 aromatic carbocycles. The topological polar surface area (TPSA) is 137 Å². The van der Waals surface area contributed by atoms with Gasteiger partial charge in [0.15, 0.2) is 5.75 Å². The van der Waals surface area contributed by atoms with Crippen LogP contribution in [0.4, 0.5) is 23.0 Å². The highest BCUT2D eigenvalue weighted by Crippen LogP contribution is 2.46. The van der Waals surface area contributed by atoms with Crippen molar-refractivity contribution in [2.45, 2.75) is 32.6 Å². The second-order valence-electron chi connectivity index (χ2n) is 11.7. The number of nitro groups is 1. The van der Waals surface area contributed by atoms with E-state index in [2.05, 4.69) is 16.4 Å². The van der Waals surface area contributed by atoms with Crippen LogP contribution in [0.25, 0.3) is 22.2 Å². The molecule has 238 valence electrons. The molecule has 0 atom stereocenters. The van der Waals surface area contributed by atoms with Gasteiger partial charge >= 0.3 is 5.97 Å². The van der Waals surface area contributed by atoms with Crippen LogP contribution >= 0.6 is 0 Å². The molecule has 0 unspecified atom stereocenters. The standard InChI is InChI=1S/C32H39N7O6/c1-19(2)31(40)45-28-17-33-32(34-24-15-26(39(41)42)25(16-27(24)43-6)37(5)14-13-36(3)4)35-29(28)23-18-38(44-7)30-21(20-11-12-20)9-8-10-22(23)30/h8-10,15-20H,11-14H2,1-7H3,(H,33,34,35). The molecule has 1 fully saturated rings. The molecule has 5 rings (SSSR count). The minimum absolute atomic E-state index is 0.0990. The number of likely N-dealkylation sites (N-methyl/N-ethyl adjacent to an activating group) is 2. The maximum atomic E-state index is 12.7. The maximum absolute atomic E-state index is 12.7. The van der Waals surface area contributed by atoms with E-state index in [9.17, 15) is 14.9 Å². The van der Waals surface area contributed by atoms with E-state index >= 15 is 0 Å². The lowest BCUT2D eigenvalue weighted by Gasteiger charge is -2.22. The number of aromatic nitrogens is 3. The number of nitro benzene ring substituents is 1. The third-order valence-corrected chi connectivity index (χ3v) is 7.76. The van der Waals surface area contributed by atoms with E-state index in [-0.39, 0.29) is 23.3 Å². The monoisotopic (exact) mass is 617 g/mol. The number of hydrogen-bond donors (Lipinski definition) is 1. The van der Waals surface area contributed by atoms with Crippen LogP contribution in [0, 0.1) is 16.0 Å². The van der Waals surface area contributed by atoms with Crippen LogP contribution in [0.3, 0.4) is 0 Å². The van der Waals surface area contributed by atoms with Gasteiger partial charge in [0.2, 0.25) is 5.95 Å². The van der Waals surface area contributed by atoms with Gasteiger partial charge < -0.3 is 29.4 Å². The molecule has 0 aliphatic heterocycles. The van der Waals surface area contributed by atoms with Crippen LogP contribution in [0.2, 0.25) is 0 Å². The molecule has 1 saturated carbocycles. The number of methoxy groups -OCH3 is 1. The second-order valence-corrected chi connectivity index (χ2v) is 11.7. The van der Waals surface area contributed by atoms with Gasteiger partial charge in [-0.05, 0) is 38.4 Å². The molecule has 2 heterocycles. The van der Waals surface area contributed by atoms with Crippen LogP contribution in [-0.4, -0.2) is 78.9 Å². The molecule has 13 nitrogen and oxygen atoms in total. The van der Waals surface area contributed by atoms with E-state index in [0.717, 1.165) is 23.7 Å². The Morgan fingerprint density at radius 1 is 1.16 bits per heavy atom. The third-order valence-electron chi connectivity index (χ3n) is 7.76. The van der Waals surface area contributed by atoms with E-state index in [1.807, 2.05) is 42.2 Å². The fourth-order valence-corrected chi connectivity index (χ4v) is 5.12. The number of benzene rings is 2. The molecule has 4 aromatic rings. The molecule has 1 aliphatic carbocycles. The Balaban J connectivity index is 1.61. The molecular weight excluding hydrogens is 578 g/mol. The molecule has 0 saturated heterocycles. The molecule has 1 aliphatic rings. The van der Waals surface area contributed by atoms with Gasteiger partial charge in [0.25, 0.3) is 5.69 Å². The number of carbonyl (C=O) groups is 1. The number of nitrogens with one attached hydrogen (secondary N) is 1. The minimum Gasteiger partial charge on any atom is -0.494 e. The number of carbonyl (C=O) groups excluding carboxylic acids is 1. The molecule has 0 spiro atoms. The van der Waals surface area contributed by atoms with Gasteiger partial charge in [0.05, 0.1) is 41.5 Å². The van der Waals surface area contributed by atoms with Crippen LogP contribution < -0.4 is 24.5 Å². The number of para-hydroxylation sites is 1. The van der Waals surface area contributed by atoms with E-state index in [1.165, 1.54) is 24.9 Å². The zero-order valence-corrected chi connectivity index (χ0v) is 26.7. The molecule has 13 heteroatoms.